The zero-order valence-corrected chi connectivity index (χ0v) is 21.7. The monoisotopic (exact) mass is 514 g/mol. The summed E-state index contributed by atoms with van der Waals surface area (Å²) in [6.07, 6.45) is 7.87. The van der Waals surface area contributed by atoms with E-state index in [9.17, 15) is 4.79 Å². The van der Waals surface area contributed by atoms with Gasteiger partial charge in [0.25, 0.3) is 0 Å². The first kappa shape index (κ1) is 22.6. The van der Waals surface area contributed by atoms with Crippen LogP contribution < -0.4 is 20.3 Å². The van der Waals surface area contributed by atoms with E-state index in [-0.39, 0.29) is 23.3 Å². The predicted octanol–water partition coefficient (Wildman–Crippen LogP) is 5.06. The number of anilines is 4. The molecule has 0 spiro atoms. The molecule has 4 aromatic rings. The summed E-state index contributed by atoms with van der Waals surface area (Å²) < 4.78 is 28.7. The fourth-order valence-electron chi connectivity index (χ4n) is 3.94. The van der Waals surface area contributed by atoms with E-state index in [0.717, 1.165) is 23.0 Å². The van der Waals surface area contributed by atoms with Crippen molar-refractivity contribution in [1.82, 2.24) is 19.9 Å². The van der Waals surface area contributed by atoms with E-state index >= 15 is 0 Å². The maximum atomic E-state index is 12.6. The Morgan fingerprint density at radius 2 is 2.03 bits per heavy atom. The van der Waals surface area contributed by atoms with Crippen LogP contribution in [0.1, 0.15) is 4.11 Å². The van der Waals surface area contributed by atoms with Crippen LogP contribution in [0.25, 0.3) is 22.2 Å². The molecule has 0 unspecified atom stereocenters. The molecule has 0 aliphatic rings. The van der Waals surface area contributed by atoms with Gasteiger partial charge in [0.1, 0.15) is 5.75 Å². The third-order valence-electron chi connectivity index (χ3n) is 5.91. The summed E-state index contributed by atoms with van der Waals surface area (Å²) in [6.45, 7) is 4.93. The molecule has 1 amide bonds. The van der Waals surface area contributed by atoms with E-state index in [4.69, 9.17) is 8.85 Å². The summed E-state index contributed by atoms with van der Waals surface area (Å²) in [4.78, 5) is 28.8. The number of ether oxygens (including phenoxy) is 1. The quantitative estimate of drug-likeness (QED) is 0.190. The number of carbonyl (C=O) groups excluding carboxylic acids is 1. The number of benzene rings is 2. The molecule has 0 aliphatic heterocycles. The first-order chi connectivity index (χ1) is 19.5. The molecule has 9 heteroatoms. The Hall–Kier alpha value is -4.63. The molecule has 0 atom stereocenters. The lowest BCUT2D eigenvalue weighted by molar-refractivity contribution is -0.111. The summed E-state index contributed by atoms with van der Waals surface area (Å²) in [5, 5.41) is 6.98. The number of H-pyrrole nitrogens is 1. The molecule has 38 heavy (non-hydrogen) atoms. The minimum atomic E-state index is -2.72. The maximum absolute atomic E-state index is 12.6. The van der Waals surface area contributed by atoms with Gasteiger partial charge in [0.2, 0.25) is 11.9 Å². The highest BCUT2D eigenvalue weighted by molar-refractivity contribution is 6.02. The van der Waals surface area contributed by atoms with Gasteiger partial charge in [-0.2, -0.15) is 0 Å². The highest BCUT2D eigenvalue weighted by Gasteiger charge is 2.17. The number of nitrogens with one attached hydrogen (secondary N) is 3. The lowest BCUT2D eigenvalue weighted by Crippen LogP contribution is -2.29. The third kappa shape index (κ3) is 6.19. The Bertz CT molecular complexity index is 1560. The largest absolute Gasteiger partial charge is 0.494 e. The number of aromatic nitrogens is 3. The van der Waals surface area contributed by atoms with Crippen LogP contribution in [0.2, 0.25) is 0 Å². The number of nitrogens with zero attached hydrogens (tertiary/aromatic N) is 4. The average Bonchev–Trinajstić information content (AvgIpc) is 3.35. The molecule has 196 valence electrons. The van der Waals surface area contributed by atoms with Crippen LogP contribution in [0.5, 0.6) is 5.75 Å². The molecule has 4 rings (SSSR count). The van der Waals surface area contributed by atoms with E-state index in [0.29, 0.717) is 23.6 Å². The van der Waals surface area contributed by atoms with Crippen molar-refractivity contribution >= 4 is 39.8 Å². The smallest absolute Gasteiger partial charge is 0.248 e. The van der Waals surface area contributed by atoms with Gasteiger partial charge in [0, 0.05) is 61.1 Å². The molecule has 9 nitrogen and oxygen atoms in total. The standard InChI is InChI=1S/C29H33N7O2/c1-6-7-12-28(37)32-24-17-25(27(38-5)18-26(24)36(4)16-15-35(2)3)34-29-30-14-13-23(33-29)21-19-31-22-11-9-8-10-20(21)22/h6-14,17-19,31H,1,15-16H2,2-5H3,(H,32,37)(H,30,33,34)/b12-7+/i5D3. The number of methoxy groups -OCH3 is 1. The van der Waals surface area contributed by atoms with Crippen LogP contribution in [0.4, 0.5) is 23.0 Å². The molecule has 0 saturated carbocycles. The molecule has 2 heterocycles. The Kier molecular flexibility index (Phi) is 7.17. The van der Waals surface area contributed by atoms with Gasteiger partial charge < -0.3 is 30.2 Å². The van der Waals surface area contributed by atoms with Crippen molar-refractivity contribution in [3.63, 3.8) is 0 Å². The van der Waals surface area contributed by atoms with Crippen molar-refractivity contribution in [2.75, 3.05) is 56.8 Å². The maximum Gasteiger partial charge on any atom is 0.248 e. The van der Waals surface area contributed by atoms with Gasteiger partial charge in [-0.25, -0.2) is 9.97 Å². The molecule has 0 fully saturated rings. The number of carbonyl (C=O) groups is 1. The van der Waals surface area contributed by atoms with Gasteiger partial charge >= 0.3 is 0 Å². The highest BCUT2D eigenvalue weighted by atomic mass is 16.5. The van der Waals surface area contributed by atoms with E-state index < -0.39 is 7.04 Å². The molecule has 0 saturated heterocycles. The number of amides is 1. The van der Waals surface area contributed by atoms with Crippen LogP contribution >= 0.6 is 0 Å². The normalized spacial score (nSPS) is 12.7. The van der Waals surface area contributed by atoms with Crippen molar-refractivity contribution in [1.29, 1.82) is 0 Å². The fraction of sp³-hybridized carbons (Fsp3) is 0.207. The van der Waals surface area contributed by atoms with Crippen LogP contribution in [0.15, 0.2) is 79.7 Å². The molecule has 0 radical (unpaired) electrons. The minimum Gasteiger partial charge on any atom is -0.494 e. The summed E-state index contributed by atoms with van der Waals surface area (Å²) in [7, 11) is 3.04. The van der Waals surface area contributed by atoms with Gasteiger partial charge in [-0.1, -0.05) is 36.9 Å². The molecular formula is C29H33N7O2. The third-order valence-corrected chi connectivity index (χ3v) is 5.91. The molecule has 2 aromatic heterocycles. The van der Waals surface area contributed by atoms with Gasteiger partial charge in [-0.15, -0.1) is 0 Å². The zero-order valence-electron chi connectivity index (χ0n) is 24.7. The Labute approximate surface area is 227 Å². The minimum absolute atomic E-state index is 0.0532. The first-order valence-corrected chi connectivity index (χ1v) is 12.0. The summed E-state index contributed by atoms with van der Waals surface area (Å²) in [5.41, 5.74) is 3.82. The summed E-state index contributed by atoms with van der Waals surface area (Å²) >= 11 is 0. The second-order valence-corrected chi connectivity index (χ2v) is 8.91. The fourth-order valence-corrected chi connectivity index (χ4v) is 3.94. The number of hydrogen-bond donors (Lipinski definition) is 3. The van der Waals surface area contributed by atoms with Gasteiger partial charge in [0.05, 0.1) is 33.9 Å². The Morgan fingerprint density at radius 3 is 2.82 bits per heavy atom. The van der Waals surface area contributed by atoms with Crippen molar-refractivity contribution in [2.45, 2.75) is 0 Å². The molecule has 0 aliphatic carbocycles. The highest BCUT2D eigenvalue weighted by Crippen LogP contribution is 2.38. The molecule has 2 aromatic carbocycles. The van der Waals surface area contributed by atoms with E-state index in [1.54, 1.807) is 24.4 Å². The summed E-state index contributed by atoms with van der Waals surface area (Å²) in [5.74, 6) is -0.0988. The number of likely N-dealkylation sites (N-methyl/N-ethyl adjacent to an activating group) is 2. The SMILES string of the molecule is [2H]C([2H])([2H])Oc1cc(N(C)CCN(C)C)c(NC(=O)/C=C/C=C)cc1Nc1nccc(-c2c[nH]c3ccccc23)n1. The van der Waals surface area contributed by atoms with Crippen molar-refractivity contribution in [2.24, 2.45) is 0 Å². The summed E-state index contributed by atoms with van der Waals surface area (Å²) in [6, 6.07) is 12.9. The zero-order chi connectivity index (χ0) is 29.6. The van der Waals surface area contributed by atoms with Gasteiger partial charge in [-0.05, 0) is 32.3 Å². The van der Waals surface area contributed by atoms with Crippen LogP contribution in [-0.2, 0) is 4.79 Å². The first-order valence-electron chi connectivity index (χ1n) is 13.5. The molecule has 0 bridgehead atoms. The van der Waals surface area contributed by atoms with E-state index in [1.165, 1.54) is 18.2 Å². The second kappa shape index (κ2) is 12.1. The van der Waals surface area contributed by atoms with Crippen molar-refractivity contribution < 1.29 is 13.6 Å². The number of rotatable bonds is 11. The number of hydrogen-bond acceptors (Lipinski definition) is 7. The predicted molar refractivity (Wildman–Crippen MR) is 155 cm³/mol. The molecule has 3 N–H and O–H groups in total. The topological polar surface area (TPSA) is 98.4 Å². The van der Waals surface area contributed by atoms with Crippen LogP contribution in [0.3, 0.4) is 0 Å². The van der Waals surface area contributed by atoms with Crippen molar-refractivity contribution in [3.8, 4) is 17.0 Å². The van der Waals surface area contributed by atoms with Crippen LogP contribution in [-0.4, -0.2) is 67.0 Å². The second-order valence-electron chi connectivity index (χ2n) is 8.91. The lowest BCUT2D eigenvalue weighted by atomic mass is 10.1. The number of allylic oxidation sites excluding steroid dienone is 2. The van der Waals surface area contributed by atoms with E-state index in [2.05, 4.69) is 32.2 Å². The number of fused-ring (bicyclic) bond motifs is 1. The van der Waals surface area contributed by atoms with Gasteiger partial charge in [0.15, 0.2) is 0 Å². The average molecular weight is 515 g/mol. The number of aromatic amines is 1. The van der Waals surface area contributed by atoms with Crippen molar-refractivity contribution in [3.05, 3.63) is 79.7 Å². The number of para-hydroxylation sites is 1. The van der Waals surface area contributed by atoms with E-state index in [1.807, 2.05) is 61.4 Å². The molecular weight excluding hydrogens is 478 g/mol. The Balaban J connectivity index is 1.76. The Morgan fingerprint density at radius 1 is 1.18 bits per heavy atom. The van der Waals surface area contributed by atoms with Crippen LogP contribution in [0, 0.1) is 0 Å². The van der Waals surface area contributed by atoms with Gasteiger partial charge in [-0.3, -0.25) is 4.79 Å². The lowest BCUT2D eigenvalue weighted by Gasteiger charge is -2.26.